The molecule has 3 rings (SSSR count). The highest BCUT2D eigenvalue weighted by Gasteiger charge is 2.64. The molecule has 3 aliphatic heterocycles. The summed E-state index contributed by atoms with van der Waals surface area (Å²) in [6.07, 6.45) is -2.00. The van der Waals surface area contributed by atoms with Crippen LogP contribution in [0.25, 0.3) is 0 Å². The van der Waals surface area contributed by atoms with Crippen LogP contribution >= 0.6 is 0 Å². The van der Waals surface area contributed by atoms with Gasteiger partial charge in [-0.05, 0) is 54.4 Å². The summed E-state index contributed by atoms with van der Waals surface area (Å²) < 4.78 is 27.6. The molecule has 3 aliphatic rings. The molecule has 2 N–H and O–H groups in total. The predicted octanol–water partition coefficient (Wildman–Crippen LogP) is 5.69. The van der Waals surface area contributed by atoms with Gasteiger partial charge in [-0.3, -0.25) is 10.1 Å². The zero-order valence-corrected chi connectivity index (χ0v) is 31.7. The van der Waals surface area contributed by atoms with Gasteiger partial charge < -0.3 is 18.0 Å². The third-order valence-corrected chi connectivity index (χ3v) is 23.7. The van der Waals surface area contributed by atoms with Crippen LogP contribution < -0.4 is 5.32 Å². The molecule has 246 valence electrons. The largest absolute Gasteiger partial charge is 0.414 e. The first-order chi connectivity index (χ1) is 19.2. The van der Waals surface area contributed by atoms with E-state index < -0.39 is 67.2 Å². The minimum absolute atomic E-state index is 0.0404. The molecule has 12 nitrogen and oxygen atoms in total. The van der Waals surface area contributed by atoms with Gasteiger partial charge in [0.25, 0.3) is 0 Å². The molecule has 15 heteroatoms. The fourth-order valence-electron chi connectivity index (χ4n) is 4.26. The lowest BCUT2D eigenvalue weighted by molar-refractivity contribution is -0.294. The smallest absolute Gasteiger partial charge is 0.328 e. The van der Waals surface area contributed by atoms with E-state index in [0.29, 0.717) is 0 Å². The van der Waals surface area contributed by atoms with Crippen molar-refractivity contribution in [3.8, 4) is 0 Å². The van der Waals surface area contributed by atoms with Gasteiger partial charge in [0.05, 0.1) is 6.61 Å². The minimum Gasteiger partial charge on any atom is -0.414 e. The van der Waals surface area contributed by atoms with E-state index >= 15 is 0 Å². The Balaban J connectivity index is 2.17. The van der Waals surface area contributed by atoms with Gasteiger partial charge in [0.1, 0.15) is 24.7 Å². The number of fused-ring (bicyclic) bond motifs is 1. The molecule has 2 saturated heterocycles. The third kappa shape index (κ3) is 6.65. The van der Waals surface area contributed by atoms with E-state index in [-0.39, 0.29) is 27.6 Å². The Morgan fingerprint density at radius 1 is 0.884 bits per heavy atom. The Hall–Kier alpha value is -1.31. The van der Waals surface area contributed by atoms with Gasteiger partial charge in [0.2, 0.25) is 0 Å². The van der Waals surface area contributed by atoms with Crippen molar-refractivity contribution in [1.82, 2.24) is 10.2 Å². The maximum absolute atomic E-state index is 13.6. The first kappa shape index (κ1) is 36.2. The maximum atomic E-state index is 13.6. The molecule has 1 unspecified atom stereocenters. The van der Waals surface area contributed by atoms with Crippen molar-refractivity contribution in [1.29, 1.82) is 0 Å². The molecule has 0 saturated carbocycles. The van der Waals surface area contributed by atoms with Crippen LogP contribution in [0.3, 0.4) is 0 Å². The van der Waals surface area contributed by atoms with Crippen molar-refractivity contribution in [3.05, 3.63) is 0 Å². The second kappa shape index (κ2) is 11.5. The van der Waals surface area contributed by atoms with Gasteiger partial charge in [-0.25, -0.2) is 19.9 Å². The van der Waals surface area contributed by atoms with Crippen LogP contribution in [-0.2, 0) is 27.7 Å². The van der Waals surface area contributed by atoms with Crippen LogP contribution in [0.4, 0.5) is 4.79 Å². The zero-order valence-electron chi connectivity index (χ0n) is 28.7. The number of carbonyl (C=O) groups excluding carboxylic acids is 2. The molecule has 0 aromatic rings. The highest BCUT2D eigenvalue weighted by Crippen LogP contribution is 2.46. The average Bonchev–Trinajstić information content (AvgIpc) is 3.30. The predicted molar refractivity (Wildman–Crippen MR) is 174 cm³/mol. The summed E-state index contributed by atoms with van der Waals surface area (Å²) in [5.74, 6) is -1.09. The molecule has 5 atom stereocenters. The van der Waals surface area contributed by atoms with Crippen LogP contribution in [0.1, 0.15) is 62.3 Å². The van der Waals surface area contributed by atoms with Crippen LogP contribution in [0.5, 0.6) is 0 Å². The number of carbonyl (C=O) groups is 2. The minimum atomic E-state index is -2.50. The number of nitrogens with one attached hydrogen (secondary N) is 1. The van der Waals surface area contributed by atoms with E-state index in [1.54, 1.807) is 0 Å². The average molecular weight is 659 g/mol. The van der Waals surface area contributed by atoms with Crippen molar-refractivity contribution in [2.75, 3.05) is 6.61 Å². The molecule has 0 aromatic heterocycles. The van der Waals surface area contributed by atoms with E-state index in [9.17, 15) is 14.8 Å². The lowest BCUT2D eigenvalue weighted by Crippen LogP contribution is -2.59. The van der Waals surface area contributed by atoms with Crippen molar-refractivity contribution >= 4 is 49.1 Å². The Morgan fingerprint density at radius 2 is 1.37 bits per heavy atom. The van der Waals surface area contributed by atoms with Gasteiger partial charge in [0.15, 0.2) is 37.0 Å². The first-order valence-corrected chi connectivity index (χ1v) is 23.7. The fraction of sp³-hybridized carbons (Fsp3) is 0.857. The summed E-state index contributed by atoms with van der Waals surface area (Å²) in [7, 11) is -7.12. The summed E-state index contributed by atoms with van der Waals surface area (Å²) in [6.45, 7) is 32.6. The number of hydrogen-bond donors (Lipinski definition) is 2. The van der Waals surface area contributed by atoms with Crippen LogP contribution in [0.2, 0.25) is 54.4 Å². The SMILES string of the molecule is CC(C)(C)[Si](C)(C)OC[C@H]1O[C@@H](N2C(=O)NC3(OO)C(=O)N=CN=C23)[C@H](O[Si](C)(C)C(C)(C)C)[C@@H]1O[Si](C)(C)C(C)(C)C. The molecule has 0 aliphatic carbocycles. The van der Waals surface area contributed by atoms with Gasteiger partial charge in [-0.1, -0.05) is 62.3 Å². The monoisotopic (exact) mass is 658 g/mol. The first-order valence-electron chi connectivity index (χ1n) is 15.0. The molecule has 3 heterocycles. The van der Waals surface area contributed by atoms with Gasteiger partial charge >= 0.3 is 17.7 Å². The molecule has 0 radical (unpaired) electrons. The maximum Gasteiger partial charge on any atom is 0.328 e. The van der Waals surface area contributed by atoms with Gasteiger partial charge in [0, 0.05) is 0 Å². The highest BCUT2D eigenvalue weighted by atomic mass is 28.4. The van der Waals surface area contributed by atoms with E-state index in [0.717, 1.165) is 6.34 Å². The summed E-state index contributed by atoms with van der Waals surface area (Å²) in [5.41, 5.74) is -2.28. The van der Waals surface area contributed by atoms with Crippen LogP contribution in [-0.4, -0.2) is 96.1 Å². The molecule has 43 heavy (non-hydrogen) atoms. The van der Waals surface area contributed by atoms with Gasteiger partial charge in [-0.2, -0.15) is 9.88 Å². The molecule has 2 fully saturated rings. The molecule has 0 aromatic carbocycles. The lowest BCUT2D eigenvalue weighted by atomic mass is 10.1. The molecule has 0 spiro atoms. The quantitative estimate of drug-likeness (QED) is 0.183. The molecule has 0 bridgehead atoms. The second-order valence-electron chi connectivity index (χ2n) is 16.4. The number of hydrogen-bond acceptors (Lipinski definition) is 9. The molecular formula is C28H54N4O8Si3. The van der Waals surface area contributed by atoms with E-state index in [1.165, 1.54) is 4.90 Å². The Bertz CT molecular complexity index is 1160. The summed E-state index contributed by atoms with van der Waals surface area (Å²) in [6, 6.07) is -0.738. The van der Waals surface area contributed by atoms with Crippen molar-refractivity contribution in [2.24, 2.45) is 9.98 Å². The number of ether oxygens (including phenoxy) is 1. The van der Waals surface area contributed by atoms with E-state index in [2.05, 4.69) is 122 Å². The standard InChI is InChI=1S/C28H54N4O8Si3/c1-25(2,3)41(10,11)36-16-18-19(38-42(12,13)26(4,5)6)20(39-43(14,15)27(7,8)9)21(37-18)32-22-28(40-35,31-24(32)34)23(33)30-17-29-22/h17-21,35H,16H2,1-15H3,(H,31,34)/t18-,19-,20-,21-,28?/m1/s1. The normalized spacial score (nSPS) is 29.2. The van der Waals surface area contributed by atoms with E-state index in [4.69, 9.17) is 18.0 Å². The summed E-state index contributed by atoms with van der Waals surface area (Å²) >= 11 is 0. The third-order valence-electron chi connectivity index (χ3n) is 10.3. The lowest BCUT2D eigenvalue weighted by Gasteiger charge is -2.44. The molecule has 3 amide bonds. The highest BCUT2D eigenvalue weighted by molar-refractivity contribution is 6.75. The van der Waals surface area contributed by atoms with Gasteiger partial charge in [-0.15, -0.1) is 0 Å². The number of amides is 3. The topological polar surface area (TPSA) is 141 Å². The zero-order chi connectivity index (χ0) is 33.2. The summed E-state index contributed by atoms with van der Waals surface area (Å²) in [5, 5.41) is 11.9. The van der Waals surface area contributed by atoms with Crippen LogP contribution in [0, 0.1) is 0 Å². The molecular weight excluding hydrogens is 605 g/mol. The van der Waals surface area contributed by atoms with Crippen molar-refractivity contribution in [3.63, 3.8) is 0 Å². The second-order valence-corrected chi connectivity index (χ2v) is 30.7. The number of amidine groups is 1. The number of rotatable bonds is 9. The van der Waals surface area contributed by atoms with Crippen molar-refractivity contribution < 1.29 is 37.7 Å². The Kier molecular flexibility index (Phi) is 9.66. The summed E-state index contributed by atoms with van der Waals surface area (Å²) in [4.78, 5) is 40.0. The Morgan fingerprint density at radius 3 is 1.84 bits per heavy atom. The van der Waals surface area contributed by atoms with Crippen molar-refractivity contribution in [2.45, 2.75) is 147 Å². The fourth-order valence-corrected chi connectivity index (χ4v) is 7.88. The van der Waals surface area contributed by atoms with E-state index in [1.807, 2.05) is 0 Å². The number of urea groups is 1. The number of nitrogens with zero attached hydrogens (tertiary/aromatic N) is 3. The Labute approximate surface area is 260 Å². The number of aliphatic imine (C=N–C) groups is 2. The van der Waals surface area contributed by atoms with Crippen LogP contribution in [0.15, 0.2) is 9.98 Å².